The van der Waals surface area contributed by atoms with Gasteiger partial charge in [-0.05, 0) is 43.0 Å². The summed E-state index contributed by atoms with van der Waals surface area (Å²) in [5.74, 6) is 0. The molecule has 0 fully saturated rings. The lowest BCUT2D eigenvalue weighted by molar-refractivity contribution is 0.568. The standard InChI is InChI=1S/C14H18Cl2/c1-5-14(4,9-13(15)16)12-8-6-7-10(2)11(12)3/h6-9H,5H2,1-4H3. The fourth-order valence-corrected chi connectivity index (χ4v) is 2.46. The van der Waals surface area contributed by atoms with E-state index in [0.29, 0.717) is 4.49 Å². The highest BCUT2D eigenvalue weighted by Crippen LogP contribution is 2.34. The van der Waals surface area contributed by atoms with Crippen LogP contribution in [0.15, 0.2) is 28.8 Å². The van der Waals surface area contributed by atoms with Crippen LogP contribution < -0.4 is 0 Å². The van der Waals surface area contributed by atoms with Crippen molar-refractivity contribution in [1.29, 1.82) is 0 Å². The van der Waals surface area contributed by atoms with Gasteiger partial charge in [0, 0.05) is 5.41 Å². The molecular weight excluding hydrogens is 239 g/mol. The van der Waals surface area contributed by atoms with Crippen LogP contribution in [0.2, 0.25) is 0 Å². The van der Waals surface area contributed by atoms with Gasteiger partial charge in [-0.15, -0.1) is 0 Å². The largest absolute Gasteiger partial charge is 0.103 e. The van der Waals surface area contributed by atoms with Gasteiger partial charge < -0.3 is 0 Å². The third-order valence-corrected chi connectivity index (χ3v) is 3.60. The van der Waals surface area contributed by atoms with Gasteiger partial charge in [-0.2, -0.15) is 0 Å². The van der Waals surface area contributed by atoms with Crippen molar-refractivity contribution in [3.63, 3.8) is 0 Å². The quantitative estimate of drug-likeness (QED) is 0.690. The summed E-state index contributed by atoms with van der Waals surface area (Å²) in [5, 5.41) is 0. The van der Waals surface area contributed by atoms with Crippen LogP contribution in [0, 0.1) is 13.8 Å². The van der Waals surface area contributed by atoms with Gasteiger partial charge in [0.25, 0.3) is 0 Å². The Labute approximate surface area is 108 Å². The molecule has 0 aromatic heterocycles. The lowest BCUT2D eigenvalue weighted by atomic mass is 9.77. The first-order valence-corrected chi connectivity index (χ1v) is 6.27. The molecule has 0 aliphatic carbocycles. The summed E-state index contributed by atoms with van der Waals surface area (Å²) in [6.07, 6.45) is 2.90. The monoisotopic (exact) mass is 256 g/mol. The third kappa shape index (κ3) is 2.81. The molecule has 1 unspecified atom stereocenters. The number of halogens is 2. The predicted molar refractivity (Wildman–Crippen MR) is 73.3 cm³/mol. The van der Waals surface area contributed by atoms with E-state index in [-0.39, 0.29) is 5.41 Å². The molecule has 0 amide bonds. The van der Waals surface area contributed by atoms with Crippen molar-refractivity contribution in [2.45, 2.75) is 39.5 Å². The molecule has 0 radical (unpaired) electrons. The third-order valence-electron chi connectivity index (χ3n) is 3.38. The summed E-state index contributed by atoms with van der Waals surface area (Å²) in [5.41, 5.74) is 3.83. The number of benzene rings is 1. The molecule has 0 N–H and O–H groups in total. The number of hydrogen-bond donors (Lipinski definition) is 0. The Kier molecular flexibility index (Phi) is 4.46. The van der Waals surface area contributed by atoms with Crippen molar-refractivity contribution < 1.29 is 0 Å². The van der Waals surface area contributed by atoms with Crippen molar-refractivity contribution in [3.05, 3.63) is 45.5 Å². The molecule has 0 aliphatic rings. The summed E-state index contributed by atoms with van der Waals surface area (Å²) in [6, 6.07) is 6.36. The molecule has 1 aromatic rings. The Hall–Kier alpha value is -0.460. The molecule has 2 heteroatoms. The number of aryl methyl sites for hydroxylation is 1. The van der Waals surface area contributed by atoms with Crippen molar-refractivity contribution in [3.8, 4) is 0 Å². The molecule has 0 aliphatic heterocycles. The second-order valence-electron chi connectivity index (χ2n) is 4.45. The molecule has 1 rings (SSSR count). The molecule has 0 spiro atoms. The van der Waals surface area contributed by atoms with Gasteiger partial charge in [0.1, 0.15) is 4.49 Å². The van der Waals surface area contributed by atoms with Gasteiger partial charge in [-0.1, -0.05) is 55.2 Å². The maximum atomic E-state index is 5.81. The van der Waals surface area contributed by atoms with Crippen molar-refractivity contribution in [2.75, 3.05) is 0 Å². The Bertz CT molecular complexity index is 403. The normalized spacial score (nSPS) is 14.4. The summed E-state index contributed by atoms with van der Waals surface area (Å²) in [7, 11) is 0. The summed E-state index contributed by atoms with van der Waals surface area (Å²) in [4.78, 5) is 0. The summed E-state index contributed by atoms with van der Waals surface area (Å²) < 4.78 is 0.338. The van der Waals surface area contributed by atoms with Gasteiger partial charge in [-0.25, -0.2) is 0 Å². The van der Waals surface area contributed by atoms with E-state index in [1.165, 1.54) is 16.7 Å². The van der Waals surface area contributed by atoms with Crippen molar-refractivity contribution in [2.24, 2.45) is 0 Å². The fraction of sp³-hybridized carbons (Fsp3) is 0.429. The maximum Gasteiger partial charge on any atom is 0.103 e. The van der Waals surface area contributed by atoms with Crippen molar-refractivity contribution in [1.82, 2.24) is 0 Å². The molecule has 0 saturated carbocycles. The van der Waals surface area contributed by atoms with Crippen LogP contribution in [0.25, 0.3) is 0 Å². The molecular formula is C14H18Cl2. The first-order chi connectivity index (χ1) is 7.40. The molecule has 1 atom stereocenters. The van der Waals surface area contributed by atoms with E-state index < -0.39 is 0 Å². The predicted octanol–water partition coefficient (Wildman–Crippen LogP) is 5.29. The lowest BCUT2D eigenvalue weighted by Crippen LogP contribution is -2.19. The lowest BCUT2D eigenvalue weighted by Gasteiger charge is -2.27. The minimum Gasteiger partial charge on any atom is -0.0712 e. The van der Waals surface area contributed by atoms with Gasteiger partial charge in [0.15, 0.2) is 0 Å². The first-order valence-electron chi connectivity index (χ1n) is 5.51. The van der Waals surface area contributed by atoms with Gasteiger partial charge in [-0.3, -0.25) is 0 Å². The van der Waals surface area contributed by atoms with E-state index in [2.05, 4.69) is 45.9 Å². The van der Waals surface area contributed by atoms with Crippen LogP contribution >= 0.6 is 23.2 Å². The molecule has 0 saturated heterocycles. The molecule has 1 aromatic carbocycles. The fourth-order valence-electron chi connectivity index (χ4n) is 1.98. The maximum absolute atomic E-state index is 5.81. The zero-order chi connectivity index (χ0) is 12.3. The Morgan fingerprint density at radius 2 is 1.94 bits per heavy atom. The van der Waals surface area contributed by atoms with Gasteiger partial charge in [0.05, 0.1) is 0 Å². The van der Waals surface area contributed by atoms with E-state index in [0.717, 1.165) is 6.42 Å². The number of hydrogen-bond acceptors (Lipinski definition) is 0. The minimum absolute atomic E-state index is 0.0884. The molecule has 88 valence electrons. The van der Waals surface area contributed by atoms with Crippen LogP contribution in [-0.4, -0.2) is 0 Å². The topological polar surface area (TPSA) is 0 Å². The van der Waals surface area contributed by atoms with E-state index >= 15 is 0 Å². The average molecular weight is 257 g/mol. The minimum atomic E-state index is -0.0884. The molecule has 16 heavy (non-hydrogen) atoms. The average Bonchev–Trinajstić information content (AvgIpc) is 2.21. The summed E-state index contributed by atoms with van der Waals surface area (Å²) >= 11 is 11.6. The Morgan fingerprint density at radius 3 is 2.44 bits per heavy atom. The highest BCUT2D eigenvalue weighted by Gasteiger charge is 2.24. The molecule has 0 nitrogen and oxygen atoms in total. The molecule has 0 bridgehead atoms. The van der Waals surface area contributed by atoms with Crippen molar-refractivity contribution >= 4 is 23.2 Å². The SMILES string of the molecule is CCC(C)(C=C(Cl)Cl)c1cccc(C)c1C. The van der Waals surface area contributed by atoms with Gasteiger partial charge >= 0.3 is 0 Å². The van der Waals surface area contributed by atoms with Gasteiger partial charge in [0.2, 0.25) is 0 Å². The van der Waals surface area contributed by atoms with Crippen LogP contribution in [0.3, 0.4) is 0 Å². The van der Waals surface area contributed by atoms with Crippen LogP contribution in [0.4, 0.5) is 0 Å². The Balaban J connectivity index is 3.34. The van der Waals surface area contributed by atoms with Crippen LogP contribution in [0.5, 0.6) is 0 Å². The smallest absolute Gasteiger partial charge is 0.0712 e. The first kappa shape index (κ1) is 13.6. The highest BCUT2D eigenvalue weighted by molar-refractivity contribution is 6.55. The summed E-state index contributed by atoms with van der Waals surface area (Å²) in [6.45, 7) is 8.59. The zero-order valence-electron chi connectivity index (χ0n) is 10.3. The van der Waals surface area contributed by atoms with Crippen LogP contribution in [0.1, 0.15) is 37.0 Å². The second kappa shape index (κ2) is 5.25. The number of allylic oxidation sites excluding steroid dienone is 1. The second-order valence-corrected chi connectivity index (χ2v) is 5.46. The Morgan fingerprint density at radius 1 is 1.31 bits per heavy atom. The highest BCUT2D eigenvalue weighted by atomic mass is 35.5. The molecule has 0 heterocycles. The van der Waals surface area contributed by atoms with E-state index in [9.17, 15) is 0 Å². The van der Waals surface area contributed by atoms with E-state index in [4.69, 9.17) is 23.2 Å². The van der Waals surface area contributed by atoms with E-state index in [1.54, 1.807) is 0 Å². The zero-order valence-corrected chi connectivity index (χ0v) is 11.8. The van der Waals surface area contributed by atoms with E-state index in [1.807, 2.05) is 6.08 Å². The number of rotatable bonds is 3. The van der Waals surface area contributed by atoms with Crippen LogP contribution in [-0.2, 0) is 5.41 Å².